The van der Waals surface area contributed by atoms with E-state index in [1.807, 2.05) is 35.2 Å². The molecule has 0 atom stereocenters. The van der Waals surface area contributed by atoms with E-state index in [0.717, 1.165) is 29.8 Å². The van der Waals surface area contributed by atoms with Gasteiger partial charge in [-0.15, -0.1) is 24.0 Å². The smallest absolute Gasteiger partial charge is 0.227 e. The highest BCUT2D eigenvalue weighted by atomic mass is 127. The molecule has 1 amide bonds. The van der Waals surface area contributed by atoms with Gasteiger partial charge >= 0.3 is 0 Å². The zero-order valence-corrected chi connectivity index (χ0v) is 20.1. The molecular formula is C23H26FIN6O. The van der Waals surface area contributed by atoms with Crippen molar-refractivity contribution in [1.29, 1.82) is 0 Å². The lowest BCUT2D eigenvalue weighted by molar-refractivity contribution is -0.117. The molecule has 7 nitrogen and oxygen atoms in total. The van der Waals surface area contributed by atoms with Gasteiger partial charge in [0.15, 0.2) is 5.96 Å². The van der Waals surface area contributed by atoms with Crippen LogP contribution in [-0.2, 0) is 17.9 Å². The van der Waals surface area contributed by atoms with E-state index in [9.17, 15) is 9.18 Å². The third kappa shape index (κ3) is 5.64. The SMILES string of the molecule is CN=C(NCc1ccc(N2CCCC2=O)cc1)NCc1ccc(-n2ccnc2)c(F)c1.I. The number of amides is 1. The van der Waals surface area contributed by atoms with E-state index < -0.39 is 0 Å². The van der Waals surface area contributed by atoms with Gasteiger partial charge in [-0.25, -0.2) is 9.37 Å². The minimum atomic E-state index is -0.308. The zero-order chi connectivity index (χ0) is 21.6. The Bertz CT molecular complexity index is 1070. The van der Waals surface area contributed by atoms with Crippen molar-refractivity contribution in [2.75, 3.05) is 18.5 Å². The van der Waals surface area contributed by atoms with Gasteiger partial charge in [-0.05, 0) is 41.8 Å². The number of carbonyl (C=O) groups is 1. The van der Waals surface area contributed by atoms with E-state index in [1.165, 1.54) is 6.07 Å². The fraction of sp³-hybridized carbons (Fsp3) is 0.261. The molecule has 9 heteroatoms. The Morgan fingerprint density at radius 3 is 2.44 bits per heavy atom. The molecule has 0 spiro atoms. The number of rotatable bonds is 6. The van der Waals surface area contributed by atoms with Crippen LogP contribution in [0.2, 0.25) is 0 Å². The summed E-state index contributed by atoms with van der Waals surface area (Å²) in [6, 6.07) is 13.1. The second kappa shape index (κ2) is 11.1. The number of guanidine groups is 1. The lowest BCUT2D eigenvalue weighted by Crippen LogP contribution is -2.36. The number of hydrogen-bond acceptors (Lipinski definition) is 3. The fourth-order valence-corrected chi connectivity index (χ4v) is 3.58. The molecule has 1 saturated heterocycles. The average molecular weight is 548 g/mol. The third-order valence-corrected chi connectivity index (χ3v) is 5.26. The first-order chi connectivity index (χ1) is 15.1. The van der Waals surface area contributed by atoms with Crippen LogP contribution in [0, 0.1) is 5.82 Å². The Balaban J connectivity index is 0.00000289. The molecule has 0 unspecified atom stereocenters. The van der Waals surface area contributed by atoms with E-state index in [1.54, 1.807) is 36.4 Å². The maximum Gasteiger partial charge on any atom is 0.227 e. The number of aromatic nitrogens is 2. The standard InChI is InChI=1S/C23H25FN6O.HI/c1-25-23(27-14-17-4-7-19(8-5-17)30-11-2-3-22(30)31)28-15-18-6-9-21(20(24)13-18)29-12-10-26-16-29;/h4-10,12-13,16H,2-3,11,14-15H2,1H3,(H2,25,27,28);1H. The van der Waals surface area contributed by atoms with Crippen LogP contribution in [0.3, 0.4) is 0 Å². The summed E-state index contributed by atoms with van der Waals surface area (Å²) in [7, 11) is 1.69. The fourth-order valence-electron chi connectivity index (χ4n) is 3.58. The Hall–Kier alpha value is -2.95. The molecule has 1 aliphatic rings. The van der Waals surface area contributed by atoms with Crippen molar-refractivity contribution in [1.82, 2.24) is 20.2 Å². The van der Waals surface area contributed by atoms with Gasteiger partial charge in [0, 0.05) is 51.2 Å². The van der Waals surface area contributed by atoms with Crippen molar-refractivity contribution in [3.8, 4) is 5.69 Å². The molecule has 0 saturated carbocycles. The van der Waals surface area contributed by atoms with Crippen molar-refractivity contribution < 1.29 is 9.18 Å². The van der Waals surface area contributed by atoms with Crippen LogP contribution in [0.5, 0.6) is 0 Å². The van der Waals surface area contributed by atoms with Crippen molar-refractivity contribution in [3.63, 3.8) is 0 Å². The van der Waals surface area contributed by atoms with Crippen LogP contribution in [0.4, 0.5) is 10.1 Å². The molecular weight excluding hydrogens is 522 g/mol. The molecule has 2 heterocycles. The van der Waals surface area contributed by atoms with Crippen LogP contribution in [0.15, 0.2) is 66.2 Å². The maximum atomic E-state index is 14.4. The number of aliphatic imine (C=N–C) groups is 1. The van der Waals surface area contributed by atoms with Crippen LogP contribution in [0.1, 0.15) is 24.0 Å². The van der Waals surface area contributed by atoms with Crippen molar-refractivity contribution >= 4 is 41.5 Å². The second-order valence-electron chi connectivity index (χ2n) is 7.35. The quantitative estimate of drug-likeness (QED) is 0.281. The van der Waals surface area contributed by atoms with Crippen LogP contribution in [0.25, 0.3) is 5.69 Å². The number of imidazole rings is 1. The first-order valence-corrected chi connectivity index (χ1v) is 10.2. The predicted molar refractivity (Wildman–Crippen MR) is 134 cm³/mol. The average Bonchev–Trinajstić information content (AvgIpc) is 3.46. The number of hydrogen-bond donors (Lipinski definition) is 2. The first-order valence-electron chi connectivity index (χ1n) is 10.2. The van der Waals surface area contributed by atoms with Crippen LogP contribution in [-0.4, -0.2) is 35.0 Å². The topological polar surface area (TPSA) is 74.6 Å². The second-order valence-corrected chi connectivity index (χ2v) is 7.35. The molecule has 2 N–H and O–H groups in total. The number of carbonyl (C=O) groups excluding carboxylic acids is 1. The number of anilines is 1. The largest absolute Gasteiger partial charge is 0.352 e. The molecule has 1 fully saturated rings. The molecule has 1 aromatic heterocycles. The molecule has 168 valence electrons. The summed E-state index contributed by atoms with van der Waals surface area (Å²) in [4.78, 5) is 21.9. The van der Waals surface area contributed by atoms with E-state index in [-0.39, 0.29) is 35.7 Å². The molecule has 4 rings (SSSR count). The molecule has 1 aliphatic heterocycles. The van der Waals surface area contributed by atoms with Gasteiger partial charge in [-0.1, -0.05) is 18.2 Å². The highest BCUT2D eigenvalue weighted by Gasteiger charge is 2.21. The van der Waals surface area contributed by atoms with Gasteiger partial charge in [-0.2, -0.15) is 0 Å². The predicted octanol–water partition coefficient (Wildman–Crippen LogP) is 3.62. The molecule has 0 bridgehead atoms. The van der Waals surface area contributed by atoms with Gasteiger partial charge < -0.3 is 20.1 Å². The van der Waals surface area contributed by atoms with Gasteiger partial charge in [0.25, 0.3) is 0 Å². The first kappa shape index (κ1) is 23.7. The van der Waals surface area contributed by atoms with E-state index in [4.69, 9.17) is 0 Å². The summed E-state index contributed by atoms with van der Waals surface area (Å²) in [5.74, 6) is 0.500. The van der Waals surface area contributed by atoms with Crippen LogP contribution < -0.4 is 15.5 Å². The van der Waals surface area contributed by atoms with Crippen molar-refractivity contribution in [3.05, 3.63) is 78.1 Å². The number of benzene rings is 2. The van der Waals surface area contributed by atoms with Crippen LogP contribution >= 0.6 is 24.0 Å². The van der Waals surface area contributed by atoms with E-state index in [0.29, 0.717) is 31.2 Å². The third-order valence-electron chi connectivity index (χ3n) is 5.26. The lowest BCUT2D eigenvalue weighted by atomic mass is 10.2. The summed E-state index contributed by atoms with van der Waals surface area (Å²) in [5, 5.41) is 6.45. The zero-order valence-electron chi connectivity index (χ0n) is 17.8. The van der Waals surface area contributed by atoms with Crippen molar-refractivity contribution in [2.24, 2.45) is 4.99 Å². The Morgan fingerprint density at radius 2 is 1.84 bits per heavy atom. The molecule has 0 aliphatic carbocycles. The normalized spacial score (nSPS) is 13.8. The number of nitrogens with one attached hydrogen (secondary N) is 2. The highest BCUT2D eigenvalue weighted by molar-refractivity contribution is 14.0. The summed E-state index contributed by atoms with van der Waals surface area (Å²) in [6.07, 6.45) is 6.43. The minimum absolute atomic E-state index is 0. The van der Waals surface area contributed by atoms with E-state index in [2.05, 4.69) is 20.6 Å². The van der Waals surface area contributed by atoms with Gasteiger partial charge in [0.1, 0.15) is 5.82 Å². The van der Waals surface area contributed by atoms with Crippen molar-refractivity contribution in [2.45, 2.75) is 25.9 Å². The Morgan fingerprint density at radius 1 is 1.12 bits per heavy atom. The summed E-state index contributed by atoms with van der Waals surface area (Å²) in [6.45, 7) is 1.82. The van der Waals surface area contributed by atoms with Gasteiger partial charge in [0.2, 0.25) is 5.91 Å². The Kier molecular flexibility index (Phi) is 8.20. The van der Waals surface area contributed by atoms with Gasteiger partial charge in [0.05, 0.1) is 12.0 Å². The summed E-state index contributed by atoms with van der Waals surface area (Å²) in [5.41, 5.74) is 3.29. The molecule has 3 aromatic rings. The summed E-state index contributed by atoms with van der Waals surface area (Å²) < 4.78 is 16.0. The highest BCUT2D eigenvalue weighted by Crippen LogP contribution is 2.21. The molecule has 32 heavy (non-hydrogen) atoms. The van der Waals surface area contributed by atoms with E-state index >= 15 is 0 Å². The number of halogens is 2. The number of nitrogens with zero attached hydrogens (tertiary/aromatic N) is 4. The maximum absolute atomic E-state index is 14.4. The monoisotopic (exact) mass is 548 g/mol. The minimum Gasteiger partial charge on any atom is -0.352 e. The lowest BCUT2D eigenvalue weighted by Gasteiger charge is -2.16. The summed E-state index contributed by atoms with van der Waals surface area (Å²) >= 11 is 0. The molecule has 2 aromatic carbocycles. The molecule has 0 radical (unpaired) electrons. The van der Waals surface area contributed by atoms with Gasteiger partial charge in [-0.3, -0.25) is 9.79 Å². The Labute approximate surface area is 203 Å².